The summed E-state index contributed by atoms with van der Waals surface area (Å²) < 4.78 is 6.16. The van der Waals surface area contributed by atoms with Crippen LogP contribution in [-0.2, 0) is 4.74 Å². The van der Waals surface area contributed by atoms with Crippen LogP contribution in [0.25, 0.3) is 0 Å². The molecule has 1 aromatic carbocycles. The van der Waals surface area contributed by atoms with Crippen molar-refractivity contribution in [2.45, 2.75) is 25.7 Å². The standard InChI is InChI=1S/C13H16BrNO2/c14-10-5-6-11(12(15)7-10)13(16)17-8-9-3-1-2-4-9/h5-7,9H,1-4,8,15H2. The number of esters is 1. The minimum atomic E-state index is -0.318. The van der Waals surface area contributed by atoms with Gasteiger partial charge in [0.2, 0.25) is 0 Å². The van der Waals surface area contributed by atoms with E-state index in [0.717, 1.165) is 4.47 Å². The molecule has 3 nitrogen and oxygen atoms in total. The molecule has 0 heterocycles. The highest BCUT2D eigenvalue weighted by Crippen LogP contribution is 2.25. The van der Waals surface area contributed by atoms with Gasteiger partial charge in [-0.15, -0.1) is 0 Å². The molecule has 2 rings (SSSR count). The predicted octanol–water partition coefficient (Wildman–Crippen LogP) is 3.38. The number of carbonyl (C=O) groups is 1. The van der Waals surface area contributed by atoms with Crippen molar-refractivity contribution in [3.63, 3.8) is 0 Å². The smallest absolute Gasteiger partial charge is 0.340 e. The molecule has 0 saturated heterocycles. The lowest BCUT2D eigenvalue weighted by molar-refractivity contribution is 0.0444. The third kappa shape index (κ3) is 3.22. The largest absolute Gasteiger partial charge is 0.462 e. The lowest BCUT2D eigenvalue weighted by Gasteiger charge is -2.11. The second kappa shape index (κ2) is 5.54. The molecule has 2 N–H and O–H groups in total. The Kier molecular flexibility index (Phi) is 4.05. The third-order valence-electron chi connectivity index (χ3n) is 3.16. The van der Waals surface area contributed by atoms with Crippen LogP contribution in [0.3, 0.4) is 0 Å². The molecule has 0 aliphatic heterocycles. The maximum Gasteiger partial charge on any atom is 0.340 e. The van der Waals surface area contributed by atoms with E-state index in [1.54, 1.807) is 18.2 Å². The minimum Gasteiger partial charge on any atom is -0.462 e. The van der Waals surface area contributed by atoms with Crippen LogP contribution in [0.1, 0.15) is 36.0 Å². The molecule has 0 unspecified atom stereocenters. The second-order valence-corrected chi connectivity index (χ2v) is 5.40. The molecule has 0 spiro atoms. The lowest BCUT2D eigenvalue weighted by Crippen LogP contribution is -2.13. The van der Waals surface area contributed by atoms with Crippen LogP contribution in [0.4, 0.5) is 5.69 Å². The Morgan fingerprint density at radius 3 is 2.76 bits per heavy atom. The SMILES string of the molecule is Nc1cc(Br)ccc1C(=O)OCC1CCCC1. The van der Waals surface area contributed by atoms with E-state index in [4.69, 9.17) is 10.5 Å². The van der Waals surface area contributed by atoms with Gasteiger partial charge in [-0.3, -0.25) is 0 Å². The van der Waals surface area contributed by atoms with Gasteiger partial charge >= 0.3 is 5.97 Å². The average Bonchev–Trinajstić information content (AvgIpc) is 2.78. The van der Waals surface area contributed by atoms with Crippen LogP contribution in [0.2, 0.25) is 0 Å². The summed E-state index contributed by atoms with van der Waals surface area (Å²) in [6.07, 6.45) is 4.84. The highest BCUT2D eigenvalue weighted by molar-refractivity contribution is 9.10. The molecule has 1 aliphatic carbocycles. The zero-order valence-electron chi connectivity index (χ0n) is 9.62. The fraction of sp³-hybridized carbons (Fsp3) is 0.462. The monoisotopic (exact) mass is 297 g/mol. The summed E-state index contributed by atoms with van der Waals surface area (Å²) in [4.78, 5) is 11.8. The number of nitrogens with two attached hydrogens (primary N) is 1. The van der Waals surface area contributed by atoms with E-state index >= 15 is 0 Å². The van der Waals surface area contributed by atoms with Gasteiger partial charge in [-0.05, 0) is 37.0 Å². The summed E-state index contributed by atoms with van der Waals surface area (Å²) in [6, 6.07) is 5.20. The Hall–Kier alpha value is -1.03. The van der Waals surface area contributed by atoms with E-state index in [2.05, 4.69) is 15.9 Å². The molecule has 1 fully saturated rings. The summed E-state index contributed by atoms with van der Waals surface area (Å²) in [5, 5.41) is 0. The average molecular weight is 298 g/mol. The van der Waals surface area contributed by atoms with Gasteiger partial charge in [0.1, 0.15) is 0 Å². The van der Waals surface area contributed by atoms with E-state index in [1.165, 1.54) is 25.7 Å². The third-order valence-corrected chi connectivity index (χ3v) is 3.65. The second-order valence-electron chi connectivity index (χ2n) is 4.48. The van der Waals surface area contributed by atoms with E-state index in [0.29, 0.717) is 23.8 Å². The van der Waals surface area contributed by atoms with Crippen molar-refractivity contribution in [1.29, 1.82) is 0 Å². The predicted molar refractivity (Wildman–Crippen MR) is 70.8 cm³/mol. The molecule has 0 amide bonds. The number of ether oxygens (including phenoxy) is 1. The first-order valence-corrected chi connectivity index (χ1v) is 6.68. The number of rotatable bonds is 3. The van der Waals surface area contributed by atoms with Gasteiger partial charge < -0.3 is 10.5 Å². The van der Waals surface area contributed by atoms with Crippen molar-refractivity contribution < 1.29 is 9.53 Å². The summed E-state index contributed by atoms with van der Waals surface area (Å²) in [5.74, 6) is 0.220. The Labute approximate surface area is 109 Å². The molecule has 4 heteroatoms. The van der Waals surface area contributed by atoms with Crippen LogP contribution in [0.15, 0.2) is 22.7 Å². The molecule has 0 aromatic heterocycles. The van der Waals surface area contributed by atoms with Gasteiger partial charge in [0.05, 0.1) is 12.2 Å². The normalized spacial score (nSPS) is 16.1. The zero-order chi connectivity index (χ0) is 12.3. The van der Waals surface area contributed by atoms with Crippen LogP contribution in [-0.4, -0.2) is 12.6 Å². The molecule has 1 aromatic rings. The summed E-state index contributed by atoms with van der Waals surface area (Å²) in [6.45, 7) is 0.522. The van der Waals surface area contributed by atoms with Crippen molar-refractivity contribution in [2.75, 3.05) is 12.3 Å². The van der Waals surface area contributed by atoms with Gasteiger partial charge in [0.25, 0.3) is 0 Å². The molecule has 1 aliphatic rings. The van der Waals surface area contributed by atoms with E-state index in [1.807, 2.05) is 0 Å². The zero-order valence-corrected chi connectivity index (χ0v) is 11.2. The van der Waals surface area contributed by atoms with E-state index < -0.39 is 0 Å². The molecular formula is C13H16BrNO2. The quantitative estimate of drug-likeness (QED) is 0.687. The maximum absolute atomic E-state index is 11.8. The van der Waals surface area contributed by atoms with Crippen LogP contribution in [0, 0.1) is 5.92 Å². The molecule has 0 atom stereocenters. The minimum absolute atomic E-state index is 0.318. The topological polar surface area (TPSA) is 52.3 Å². The molecule has 1 saturated carbocycles. The van der Waals surface area contributed by atoms with Gasteiger partial charge in [-0.2, -0.15) is 0 Å². The molecule has 0 bridgehead atoms. The number of hydrogen-bond donors (Lipinski definition) is 1. The Balaban J connectivity index is 1.94. The van der Waals surface area contributed by atoms with Crippen molar-refractivity contribution in [3.05, 3.63) is 28.2 Å². The fourth-order valence-corrected chi connectivity index (χ4v) is 2.55. The fourth-order valence-electron chi connectivity index (χ4n) is 2.17. The van der Waals surface area contributed by atoms with E-state index in [-0.39, 0.29) is 5.97 Å². The molecule has 0 radical (unpaired) electrons. The van der Waals surface area contributed by atoms with Crippen molar-refractivity contribution in [1.82, 2.24) is 0 Å². The Morgan fingerprint density at radius 2 is 2.12 bits per heavy atom. The van der Waals surface area contributed by atoms with E-state index in [9.17, 15) is 4.79 Å². The summed E-state index contributed by atoms with van der Waals surface area (Å²) in [7, 11) is 0. The summed E-state index contributed by atoms with van der Waals surface area (Å²) in [5.41, 5.74) is 6.68. The van der Waals surface area contributed by atoms with Crippen molar-refractivity contribution in [3.8, 4) is 0 Å². The van der Waals surface area contributed by atoms with Crippen molar-refractivity contribution >= 4 is 27.6 Å². The number of halogens is 1. The maximum atomic E-state index is 11.8. The number of nitrogen functional groups attached to an aromatic ring is 1. The number of benzene rings is 1. The van der Waals surface area contributed by atoms with Gasteiger partial charge in [-0.25, -0.2) is 4.79 Å². The highest BCUT2D eigenvalue weighted by Gasteiger charge is 2.18. The number of anilines is 1. The van der Waals surface area contributed by atoms with Gasteiger partial charge in [0, 0.05) is 10.2 Å². The molecule has 17 heavy (non-hydrogen) atoms. The Bertz CT molecular complexity index is 414. The highest BCUT2D eigenvalue weighted by atomic mass is 79.9. The summed E-state index contributed by atoms with van der Waals surface area (Å²) >= 11 is 3.31. The Morgan fingerprint density at radius 1 is 1.41 bits per heavy atom. The molecular weight excluding hydrogens is 282 g/mol. The van der Waals surface area contributed by atoms with Gasteiger partial charge in [-0.1, -0.05) is 28.8 Å². The van der Waals surface area contributed by atoms with Crippen molar-refractivity contribution in [2.24, 2.45) is 5.92 Å². The van der Waals surface area contributed by atoms with Crippen LogP contribution in [0.5, 0.6) is 0 Å². The van der Waals surface area contributed by atoms with Crippen LogP contribution < -0.4 is 5.73 Å². The number of carbonyl (C=O) groups excluding carboxylic acids is 1. The van der Waals surface area contributed by atoms with Crippen LogP contribution >= 0.6 is 15.9 Å². The van der Waals surface area contributed by atoms with Gasteiger partial charge in [0.15, 0.2) is 0 Å². The number of hydrogen-bond acceptors (Lipinski definition) is 3. The first kappa shape index (κ1) is 12.4. The first-order chi connectivity index (χ1) is 8.16. The lowest BCUT2D eigenvalue weighted by atomic mass is 10.1. The molecule has 92 valence electrons. The first-order valence-electron chi connectivity index (χ1n) is 5.89.